The first-order valence-corrected chi connectivity index (χ1v) is 7.21. The molecule has 20 heavy (non-hydrogen) atoms. The van der Waals surface area contributed by atoms with Gasteiger partial charge in [-0.25, -0.2) is 4.39 Å². The Morgan fingerprint density at radius 3 is 2.40 bits per heavy atom. The van der Waals surface area contributed by atoms with Crippen LogP contribution in [-0.2, 0) is 9.47 Å². The summed E-state index contributed by atoms with van der Waals surface area (Å²) in [6.07, 6.45) is 0.0314. The first-order valence-electron chi connectivity index (χ1n) is 7.21. The molecule has 1 rings (SSSR count). The second-order valence-corrected chi connectivity index (χ2v) is 5.40. The Hall–Kier alpha value is -0.970. The molecule has 0 aliphatic carbocycles. The van der Waals surface area contributed by atoms with Crippen LogP contribution >= 0.6 is 0 Å². The standard InChI is InChI=1S/C16H26FNO2/c1-12(2)18-11-16(20-9-8-19-13(3)4)14-6-5-7-15(17)10-14/h5-7,10,12-13,16,18H,8-9,11H2,1-4H3. The topological polar surface area (TPSA) is 30.5 Å². The van der Waals surface area contributed by atoms with Gasteiger partial charge >= 0.3 is 0 Å². The zero-order valence-electron chi connectivity index (χ0n) is 12.9. The molecule has 0 radical (unpaired) electrons. The largest absolute Gasteiger partial charge is 0.376 e. The fourth-order valence-corrected chi connectivity index (χ4v) is 1.80. The van der Waals surface area contributed by atoms with Crippen molar-refractivity contribution in [2.45, 2.75) is 45.9 Å². The van der Waals surface area contributed by atoms with E-state index in [0.29, 0.717) is 25.8 Å². The molecule has 1 aromatic carbocycles. The highest BCUT2D eigenvalue weighted by atomic mass is 19.1. The summed E-state index contributed by atoms with van der Waals surface area (Å²) >= 11 is 0. The van der Waals surface area contributed by atoms with E-state index < -0.39 is 0 Å². The molecule has 1 N–H and O–H groups in total. The number of hydrogen-bond acceptors (Lipinski definition) is 3. The van der Waals surface area contributed by atoms with Crippen LogP contribution in [0, 0.1) is 5.82 Å². The van der Waals surface area contributed by atoms with Crippen LogP contribution < -0.4 is 5.32 Å². The van der Waals surface area contributed by atoms with Crippen molar-refractivity contribution in [2.75, 3.05) is 19.8 Å². The van der Waals surface area contributed by atoms with Gasteiger partial charge in [0.25, 0.3) is 0 Å². The van der Waals surface area contributed by atoms with Crippen molar-refractivity contribution in [3.05, 3.63) is 35.6 Å². The molecule has 0 saturated carbocycles. The summed E-state index contributed by atoms with van der Waals surface area (Å²) in [5.41, 5.74) is 0.850. The van der Waals surface area contributed by atoms with E-state index in [1.165, 1.54) is 12.1 Å². The van der Waals surface area contributed by atoms with Crippen molar-refractivity contribution in [3.8, 4) is 0 Å². The van der Waals surface area contributed by atoms with Crippen molar-refractivity contribution in [1.82, 2.24) is 5.32 Å². The maximum absolute atomic E-state index is 13.3. The number of nitrogens with one attached hydrogen (secondary N) is 1. The van der Waals surface area contributed by atoms with Crippen molar-refractivity contribution >= 4 is 0 Å². The maximum atomic E-state index is 13.3. The second-order valence-electron chi connectivity index (χ2n) is 5.40. The van der Waals surface area contributed by atoms with Crippen LogP contribution in [0.15, 0.2) is 24.3 Å². The van der Waals surface area contributed by atoms with Gasteiger partial charge in [-0.1, -0.05) is 26.0 Å². The number of hydrogen-bond donors (Lipinski definition) is 1. The molecular formula is C16H26FNO2. The third-order valence-electron chi connectivity index (χ3n) is 2.79. The Kier molecular flexibility index (Phi) is 7.73. The van der Waals surface area contributed by atoms with Gasteiger partial charge in [0.05, 0.1) is 25.4 Å². The SMILES string of the molecule is CC(C)NCC(OCCOC(C)C)c1cccc(F)c1. The van der Waals surface area contributed by atoms with Gasteiger partial charge < -0.3 is 14.8 Å². The molecule has 1 aromatic rings. The average Bonchev–Trinajstić information content (AvgIpc) is 2.37. The molecule has 1 unspecified atom stereocenters. The van der Waals surface area contributed by atoms with Crippen LogP contribution in [0.3, 0.4) is 0 Å². The Bertz CT molecular complexity index is 382. The van der Waals surface area contributed by atoms with Crippen molar-refractivity contribution in [2.24, 2.45) is 0 Å². The zero-order valence-corrected chi connectivity index (χ0v) is 12.9. The van der Waals surface area contributed by atoms with Crippen molar-refractivity contribution in [3.63, 3.8) is 0 Å². The molecule has 0 bridgehead atoms. The van der Waals surface area contributed by atoms with Gasteiger partial charge in [-0.2, -0.15) is 0 Å². The summed E-state index contributed by atoms with van der Waals surface area (Å²) in [7, 11) is 0. The lowest BCUT2D eigenvalue weighted by molar-refractivity contribution is -0.0135. The first kappa shape index (κ1) is 17.1. The van der Waals surface area contributed by atoms with Crippen molar-refractivity contribution in [1.29, 1.82) is 0 Å². The van der Waals surface area contributed by atoms with Crippen LogP contribution in [0.5, 0.6) is 0 Å². The molecule has 0 saturated heterocycles. The van der Waals surface area contributed by atoms with E-state index in [1.807, 2.05) is 19.9 Å². The van der Waals surface area contributed by atoms with E-state index in [-0.39, 0.29) is 18.0 Å². The van der Waals surface area contributed by atoms with E-state index >= 15 is 0 Å². The normalized spacial score (nSPS) is 13.2. The van der Waals surface area contributed by atoms with Crippen LogP contribution in [0.25, 0.3) is 0 Å². The smallest absolute Gasteiger partial charge is 0.123 e. The van der Waals surface area contributed by atoms with Gasteiger partial charge in [0.2, 0.25) is 0 Å². The van der Waals surface area contributed by atoms with Gasteiger partial charge in [0.1, 0.15) is 5.82 Å². The molecule has 0 fully saturated rings. The minimum atomic E-state index is -0.237. The van der Waals surface area contributed by atoms with Crippen LogP contribution in [-0.4, -0.2) is 31.9 Å². The minimum Gasteiger partial charge on any atom is -0.376 e. The average molecular weight is 283 g/mol. The summed E-state index contributed by atoms with van der Waals surface area (Å²) in [6.45, 7) is 9.83. The highest BCUT2D eigenvalue weighted by Gasteiger charge is 2.13. The van der Waals surface area contributed by atoms with Gasteiger partial charge in [-0.3, -0.25) is 0 Å². The van der Waals surface area contributed by atoms with E-state index in [0.717, 1.165) is 5.56 Å². The van der Waals surface area contributed by atoms with Gasteiger partial charge in [0.15, 0.2) is 0 Å². The number of halogens is 1. The van der Waals surface area contributed by atoms with Gasteiger partial charge in [-0.05, 0) is 31.5 Å². The zero-order chi connectivity index (χ0) is 15.0. The lowest BCUT2D eigenvalue weighted by Gasteiger charge is -2.21. The third kappa shape index (κ3) is 6.98. The molecule has 1 atom stereocenters. The number of benzene rings is 1. The van der Waals surface area contributed by atoms with Crippen LogP contribution in [0.2, 0.25) is 0 Å². The summed E-state index contributed by atoms with van der Waals surface area (Å²) < 4.78 is 24.6. The first-order chi connectivity index (χ1) is 9.49. The van der Waals surface area contributed by atoms with Crippen LogP contribution in [0.4, 0.5) is 4.39 Å². The minimum absolute atomic E-state index is 0.163. The second kappa shape index (κ2) is 9.06. The summed E-state index contributed by atoms with van der Waals surface area (Å²) in [4.78, 5) is 0. The monoisotopic (exact) mass is 283 g/mol. The third-order valence-corrected chi connectivity index (χ3v) is 2.79. The van der Waals surface area contributed by atoms with E-state index in [4.69, 9.17) is 9.47 Å². The lowest BCUT2D eigenvalue weighted by Crippen LogP contribution is -2.29. The van der Waals surface area contributed by atoms with E-state index in [2.05, 4.69) is 19.2 Å². The fourth-order valence-electron chi connectivity index (χ4n) is 1.80. The van der Waals surface area contributed by atoms with E-state index in [1.54, 1.807) is 6.07 Å². The van der Waals surface area contributed by atoms with Crippen LogP contribution in [0.1, 0.15) is 39.4 Å². The van der Waals surface area contributed by atoms with E-state index in [9.17, 15) is 4.39 Å². The summed E-state index contributed by atoms with van der Waals surface area (Å²) in [6, 6.07) is 6.93. The molecule has 3 nitrogen and oxygen atoms in total. The molecule has 0 heterocycles. The Morgan fingerprint density at radius 2 is 1.80 bits per heavy atom. The molecule has 114 valence electrons. The van der Waals surface area contributed by atoms with Gasteiger partial charge in [-0.15, -0.1) is 0 Å². The molecular weight excluding hydrogens is 257 g/mol. The fraction of sp³-hybridized carbons (Fsp3) is 0.625. The Balaban J connectivity index is 2.55. The number of ether oxygens (including phenoxy) is 2. The highest BCUT2D eigenvalue weighted by molar-refractivity contribution is 5.19. The molecule has 0 amide bonds. The Morgan fingerprint density at radius 1 is 1.10 bits per heavy atom. The molecule has 0 spiro atoms. The Labute approximate surface area is 121 Å². The highest BCUT2D eigenvalue weighted by Crippen LogP contribution is 2.18. The number of rotatable bonds is 9. The summed E-state index contributed by atoms with van der Waals surface area (Å²) in [5, 5.41) is 3.32. The molecule has 0 aliphatic heterocycles. The molecule has 0 aromatic heterocycles. The molecule has 0 aliphatic rings. The quantitative estimate of drug-likeness (QED) is 0.705. The predicted molar refractivity (Wildman–Crippen MR) is 79.3 cm³/mol. The van der Waals surface area contributed by atoms with Crippen molar-refractivity contribution < 1.29 is 13.9 Å². The maximum Gasteiger partial charge on any atom is 0.123 e. The predicted octanol–water partition coefficient (Wildman–Crippen LogP) is 3.31. The lowest BCUT2D eigenvalue weighted by atomic mass is 10.1. The van der Waals surface area contributed by atoms with Gasteiger partial charge in [0, 0.05) is 12.6 Å². The molecule has 4 heteroatoms. The summed E-state index contributed by atoms with van der Waals surface area (Å²) in [5.74, 6) is -0.237.